The topological polar surface area (TPSA) is 86.4 Å². The summed E-state index contributed by atoms with van der Waals surface area (Å²) in [6, 6.07) is 21.4. The van der Waals surface area contributed by atoms with Gasteiger partial charge in [-0.15, -0.1) is 0 Å². The van der Waals surface area contributed by atoms with Crippen molar-refractivity contribution in [1.82, 2.24) is 15.1 Å². The van der Waals surface area contributed by atoms with Crippen molar-refractivity contribution in [2.75, 3.05) is 0 Å². The van der Waals surface area contributed by atoms with E-state index in [0.717, 1.165) is 46.9 Å². The minimum atomic E-state index is -0.572. The molecule has 0 saturated heterocycles. The Kier molecular flexibility index (Phi) is 6.25. The smallest absolute Gasteiger partial charge is 0.408 e. The molecule has 1 N–H and O–H groups in total. The first-order valence-corrected chi connectivity index (χ1v) is 13.8. The quantitative estimate of drug-likeness (QED) is 0.253. The molecule has 40 heavy (non-hydrogen) atoms. The first-order chi connectivity index (χ1) is 19.2. The Balaban J connectivity index is 1.48. The molecule has 7 nitrogen and oxygen atoms in total. The predicted octanol–water partition coefficient (Wildman–Crippen LogP) is 7.40. The van der Waals surface area contributed by atoms with E-state index in [2.05, 4.69) is 10.4 Å². The molecule has 7 heteroatoms. The van der Waals surface area contributed by atoms with Crippen LogP contribution >= 0.6 is 0 Å². The molecule has 1 fully saturated rings. The normalized spacial score (nSPS) is 14.7. The van der Waals surface area contributed by atoms with Gasteiger partial charge in [-0.1, -0.05) is 60.7 Å². The van der Waals surface area contributed by atoms with E-state index in [1.807, 2.05) is 99.1 Å². The lowest BCUT2D eigenvalue weighted by Crippen LogP contribution is -2.52. The third-order valence-electron chi connectivity index (χ3n) is 7.67. The average molecular weight is 536 g/mol. The maximum Gasteiger partial charge on any atom is 0.408 e. The van der Waals surface area contributed by atoms with Gasteiger partial charge in [-0.25, -0.2) is 4.79 Å². The highest BCUT2D eigenvalue weighted by molar-refractivity contribution is 6.04. The van der Waals surface area contributed by atoms with E-state index in [1.54, 1.807) is 6.20 Å². The molecule has 3 aromatic carbocycles. The monoisotopic (exact) mass is 535 g/mol. The maximum atomic E-state index is 14.2. The van der Waals surface area contributed by atoms with Crippen LogP contribution in [0.4, 0.5) is 4.79 Å². The summed E-state index contributed by atoms with van der Waals surface area (Å²) >= 11 is 0. The number of fused-ring (bicyclic) bond motifs is 3. The second-order valence-corrected chi connectivity index (χ2v) is 11.5. The summed E-state index contributed by atoms with van der Waals surface area (Å²) in [6.45, 7) is 8.25. The molecule has 1 saturated carbocycles. The van der Waals surface area contributed by atoms with Gasteiger partial charge in [0.2, 0.25) is 5.43 Å². The second-order valence-electron chi connectivity index (χ2n) is 11.5. The van der Waals surface area contributed by atoms with Crippen molar-refractivity contribution >= 4 is 28.0 Å². The number of nitrogens with zero attached hydrogens (tertiary/aromatic N) is 2. The van der Waals surface area contributed by atoms with Gasteiger partial charge in [0.25, 0.3) is 0 Å². The summed E-state index contributed by atoms with van der Waals surface area (Å²) in [6.07, 6.45) is 4.07. The lowest BCUT2D eigenvalue weighted by Gasteiger charge is -2.43. The Labute approximate surface area is 232 Å². The zero-order valence-electron chi connectivity index (χ0n) is 23.3. The van der Waals surface area contributed by atoms with Crippen LogP contribution in [0.2, 0.25) is 0 Å². The molecule has 0 aliphatic heterocycles. The number of hydrogen-bond acceptors (Lipinski definition) is 5. The van der Waals surface area contributed by atoms with E-state index in [9.17, 15) is 9.59 Å². The van der Waals surface area contributed by atoms with Crippen molar-refractivity contribution in [3.05, 3.63) is 88.7 Å². The largest absolute Gasteiger partial charge is 0.453 e. The fourth-order valence-corrected chi connectivity index (χ4v) is 5.59. The second kappa shape index (κ2) is 9.66. The van der Waals surface area contributed by atoms with E-state index < -0.39 is 17.2 Å². The number of carbonyl (C=O) groups excluding carboxylic acids is 1. The number of carbonyl (C=O) groups is 1. The molecular formula is C33H33N3O4. The summed E-state index contributed by atoms with van der Waals surface area (Å²) in [5, 5.41) is 9.03. The Morgan fingerprint density at radius 3 is 2.38 bits per heavy atom. The Morgan fingerprint density at radius 2 is 1.75 bits per heavy atom. The third-order valence-corrected chi connectivity index (χ3v) is 7.67. The Bertz CT molecular complexity index is 1770. The van der Waals surface area contributed by atoms with Crippen molar-refractivity contribution in [1.29, 1.82) is 0 Å². The number of amides is 1. The van der Waals surface area contributed by atoms with Crippen molar-refractivity contribution in [2.45, 2.75) is 64.6 Å². The zero-order valence-corrected chi connectivity index (χ0v) is 23.3. The standard InChI is InChI=1S/C33H33N3O4/c1-5-36-27-23(20-34-36)14-17-25-28(37)26(29(39-30(25)27)22-10-7-6-8-11-22)21-12-15-24(16-13-21)33(18-9-19-33)35-31(38)40-32(2,3)4/h6-8,10-17,20H,5,9,18-19H2,1-4H3,(H,35,38). The molecule has 5 aromatic rings. The fraction of sp³-hybridized carbons (Fsp3) is 0.303. The van der Waals surface area contributed by atoms with Crippen molar-refractivity contribution in [3.63, 3.8) is 0 Å². The summed E-state index contributed by atoms with van der Waals surface area (Å²) in [7, 11) is 0. The molecule has 2 aromatic heterocycles. The molecule has 0 unspecified atom stereocenters. The van der Waals surface area contributed by atoms with Gasteiger partial charge in [0.05, 0.1) is 22.7 Å². The van der Waals surface area contributed by atoms with Crippen LogP contribution in [0.5, 0.6) is 0 Å². The first kappa shape index (κ1) is 25.9. The van der Waals surface area contributed by atoms with E-state index in [1.165, 1.54) is 0 Å². The van der Waals surface area contributed by atoms with E-state index in [-0.39, 0.29) is 5.43 Å². The fourth-order valence-electron chi connectivity index (χ4n) is 5.59. The van der Waals surface area contributed by atoms with E-state index in [0.29, 0.717) is 28.8 Å². The zero-order chi connectivity index (χ0) is 28.1. The van der Waals surface area contributed by atoms with Crippen LogP contribution in [-0.2, 0) is 16.8 Å². The van der Waals surface area contributed by atoms with Gasteiger partial charge < -0.3 is 14.5 Å². The van der Waals surface area contributed by atoms with Gasteiger partial charge >= 0.3 is 6.09 Å². The van der Waals surface area contributed by atoms with Crippen LogP contribution in [0.15, 0.2) is 82.1 Å². The molecule has 204 valence electrons. The number of alkyl carbamates (subject to hydrolysis) is 1. The summed E-state index contributed by atoms with van der Waals surface area (Å²) in [5.74, 6) is 0.521. The SMILES string of the molecule is CCn1ncc2ccc3c(=O)c(-c4ccc(C5(NC(=O)OC(C)(C)C)CCC5)cc4)c(-c4ccccc4)oc3c21. The summed E-state index contributed by atoms with van der Waals surface area (Å²) in [4.78, 5) is 26.8. The number of ether oxygens (including phenoxy) is 1. The van der Waals surface area contributed by atoms with Crippen LogP contribution in [0.25, 0.3) is 44.3 Å². The van der Waals surface area contributed by atoms with Gasteiger partial charge in [0, 0.05) is 17.5 Å². The number of benzene rings is 3. The highest BCUT2D eigenvalue weighted by atomic mass is 16.6. The minimum absolute atomic E-state index is 0.0937. The van der Waals surface area contributed by atoms with E-state index >= 15 is 0 Å². The van der Waals surface area contributed by atoms with E-state index in [4.69, 9.17) is 9.15 Å². The summed E-state index contributed by atoms with van der Waals surface area (Å²) in [5.41, 5.74) is 3.30. The van der Waals surface area contributed by atoms with Crippen molar-refractivity contribution < 1.29 is 13.9 Å². The third kappa shape index (κ3) is 4.45. The molecule has 0 spiro atoms. The van der Waals surface area contributed by atoms with Crippen LogP contribution < -0.4 is 10.7 Å². The molecule has 2 heterocycles. The Morgan fingerprint density at radius 1 is 1.02 bits per heavy atom. The van der Waals surface area contributed by atoms with Crippen LogP contribution in [-0.4, -0.2) is 21.5 Å². The van der Waals surface area contributed by atoms with Crippen LogP contribution in [0, 0.1) is 0 Å². The number of hydrogen-bond donors (Lipinski definition) is 1. The number of rotatable bonds is 5. The number of aryl methyl sites for hydroxylation is 1. The molecule has 6 rings (SSSR count). The number of nitrogens with one attached hydrogen (secondary N) is 1. The first-order valence-electron chi connectivity index (χ1n) is 13.8. The maximum absolute atomic E-state index is 14.2. The van der Waals surface area contributed by atoms with Crippen LogP contribution in [0.3, 0.4) is 0 Å². The van der Waals surface area contributed by atoms with Gasteiger partial charge in [-0.2, -0.15) is 5.10 Å². The van der Waals surface area contributed by atoms with Gasteiger partial charge in [-0.05, 0) is 64.2 Å². The van der Waals surface area contributed by atoms with Crippen LogP contribution in [0.1, 0.15) is 52.5 Å². The average Bonchev–Trinajstić information content (AvgIpc) is 3.34. The van der Waals surface area contributed by atoms with Gasteiger partial charge in [0.1, 0.15) is 16.9 Å². The molecule has 1 aliphatic carbocycles. The lowest BCUT2D eigenvalue weighted by molar-refractivity contribution is 0.0377. The molecule has 0 atom stereocenters. The highest BCUT2D eigenvalue weighted by Crippen LogP contribution is 2.42. The Hall–Kier alpha value is -4.39. The molecule has 0 bridgehead atoms. The molecular weight excluding hydrogens is 502 g/mol. The lowest BCUT2D eigenvalue weighted by atomic mass is 9.71. The van der Waals surface area contributed by atoms with Gasteiger partial charge in [0.15, 0.2) is 5.58 Å². The summed E-state index contributed by atoms with van der Waals surface area (Å²) < 4.78 is 14.0. The molecule has 1 amide bonds. The van der Waals surface area contributed by atoms with Gasteiger partial charge in [-0.3, -0.25) is 9.48 Å². The highest BCUT2D eigenvalue weighted by Gasteiger charge is 2.41. The van der Waals surface area contributed by atoms with Crippen molar-refractivity contribution in [2.24, 2.45) is 0 Å². The number of aromatic nitrogens is 2. The predicted molar refractivity (Wildman–Crippen MR) is 157 cm³/mol. The minimum Gasteiger partial charge on any atom is -0.453 e. The molecule has 1 aliphatic rings. The van der Waals surface area contributed by atoms with Crippen molar-refractivity contribution in [3.8, 4) is 22.5 Å². The molecule has 0 radical (unpaired) electrons.